The van der Waals surface area contributed by atoms with Gasteiger partial charge in [0.25, 0.3) is 0 Å². The first-order valence-electron chi connectivity index (χ1n) is 24.3. The lowest BCUT2D eigenvalue weighted by molar-refractivity contribution is -0.332. The Morgan fingerprint density at radius 3 is 1.42 bits per heavy atom. The number of hydrogen-bond donors (Lipinski definition) is 7. The molecule has 4 unspecified atom stereocenters. The molecule has 2 rings (SSSR count). The van der Waals surface area contributed by atoms with Gasteiger partial charge in [-0.2, -0.15) is 0 Å². The van der Waals surface area contributed by atoms with E-state index in [2.05, 4.69) is 26.0 Å². The monoisotopic (exact) mass is 891 g/mol. The van der Waals surface area contributed by atoms with Crippen LogP contribution in [0.3, 0.4) is 0 Å². The number of aliphatic hydroxyl groups is 7. The predicted molar refractivity (Wildman–Crippen MR) is 234 cm³/mol. The molecule has 2 saturated heterocycles. The predicted octanol–water partition coefficient (Wildman–Crippen LogP) is 5.82. The quantitative estimate of drug-likeness (QED) is 0.0221. The minimum atomic E-state index is -1.76. The third-order valence-electron chi connectivity index (χ3n) is 11.7. The average Bonchev–Trinajstić information content (AvgIpc) is 3.26. The lowest BCUT2D eigenvalue weighted by atomic mass is 9.98. The van der Waals surface area contributed by atoms with Crippen LogP contribution in [0, 0.1) is 0 Å². The molecule has 364 valence electrons. The second-order valence-electron chi connectivity index (χ2n) is 17.3. The van der Waals surface area contributed by atoms with Gasteiger partial charge in [-0.1, -0.05) is 142 Å². The summed E-state index contributed by atoms with van der Waals surface area (Å²) in [6.07, 6.45) is 15.5. The highest BCUT2D eigenvalue weighted by molar-refractivity contribution is 5.70. The molecule has 62 heavy (non-hydrogen) atoms. The van der Waals surface area contributed by atoms with Gasteiger partial charge in [0.05, 0.1) is 19.8 Å². The minimum Gasteiger partial charge on any atom is -0.462 e. The van der Waals surface area contributed by atoms with Gasteiger partial charge in [0, 0.05) is 12.8 Å². The van der Waals surface area contributed by atoms with Gasteiger partial charge < -0.3 is 64.2 Å². The van der Waals surface area contributed by atoms with Crippen LogP contribution in [0.25, 0.3) is 0 Å². The fourth-order valence-corrected chi connectivity index (χ4v) is 7.68. The van der Waals surface area contributed by atoms with Crippen LogP contribution in [-0.2, 0) is 38.0 Å². The summed E-state index contributed by atoms with van der Waals surface area (Å²) in [5, 5.41) is 71.8. The summed E-state index contributed by atoms with van der Waals surface area (Å²) >= 11 is 0. The molecule has 0 saturated carbocycles. The third-order valence-corrected chi connectivity index (χ3v) is 11.7. The van der Waals surface area contributed by atoms with Gasteiger partial charge in [-0.15, -0.1) is 0 Å². The highest BCUT2D eigenvalue weighted by Crippen LogP contribution is 2.26. The molecule has 7 N–H and O–H groups in total. The molecule has 2 aliphatic heterocycles. The van der Waals surface area contributed by atoms with Crippen LogP contribution in [0.1, 0.15) is 181 Å². The Morgan fingerprint density at radius 2 is 0.919 bits per heavy atom. The normalized spacial score (nSPS) is 27.1. The van der Waals surface area contributed by atoms with Crippen LogP contribution in [0.5, 0.6) is 0 Å². The fraction of sp³-hybridized carbons (Fsp3) is 0.915. The summed E-state index contributed by atoms with van der Waals surface area (Å²) < 4.78 is 33.5. The number of esters is 2. The van der Waals surface area contributed by atoms with Gasteiger partial charge in [-0.05, 0) is 38.5 Å². The van der Waals surface area contributed by atoms with Crippen molar-refractivity contribution in [3.8, 4) is 0 Å². The molecule has 0 aromatic rings. The maximum absolute atomic E-state index is 12.9. The Balaban J connectivity index is 1.80. The van der Waals surface area contributed by atoms with Crippen LogP contribution >= 0.6 is 0 Å². The average molecular weight is 891 g/mol. The highest BCUT2D eigenvalue weighted by atomic mass is 16.7. The highest BCUT2D eigenvalue weighted by Gasteiger charge is 2.47. The molecule has 0 aromatic carbocycles. The molecular formula is C47H86O15. The van der Waals surface area contributed by atoms with Crippen molar-refractivity contribution in [3.05, 3.63) is 12.2 Å². The van der Waals surface area contributed by atoms with E-state index in [9.17, 15) is 45.3 Å². The number of unbranched alkanes of at least 4 members (excludes halogenated alkanes) is 21. The van der Waals surface area contributed by atoms with E-state index >= 15 is 0 Å². The summed E-state index contributed by atoms with van der Waals surface area (Å²) in [5.41, 5.74) is 0. The van der Waals surface area contributed by atoms with Crippen LogP contribution in [0.2, 0.25) is 0 Å². The Bertz CT molecular complexity index is 1140. The Hall–Kier alpha value is -1.76. The van der Waals surface area contributed by atoms with E-state index in [-0.39, 0.29) is 26.1 Å². The van der Waals surface area contributed by atoms with E-state index < -0.39 is 92.7 Å². The molecule has 0 radical (unpaired) electrons. The van der Waals surface area contributed by atoms with Gasteiger partial charge in [0.2, 0.25) is 0 Å². The number of ether oxygens (including phenoxy) is 6. The zero-order chi connectivity index (χ0) is 45.4. The molecule has 0 spiro atoms. The Morgan fingerprint density at radius 1 is 0.500 bits per heavy atom. The number of carbonyl (C=O) groups excluding carboxylic acids is 2. The fourth-order valence-electron chi connectivity index (χ4n) is 7.68. The maximum atomic E-state index is 12.9. The minimum absolute atomic E-state index is 0.168. The van der Waals surface area contributed by atoms with E-state index in [1.165, 1.54) is 96.3 Å². The van der Waals surface area contributed by atoms with Crippen molar-refractivity contribution < 1.29 is 73.8 Å². The SMILES string of the molecule is CCCCCCCC/C=C/CCCCCCCCCC(=O)OC[C@@H](CO[C@@H]1O[C@H](CO[C@@H]2O[C@H](CO)[C@H](O)C(O)C2O)[C@H](O)C(O)C1O)OC(=O)CCCCCCCCCCC. The molecule has 0 aromatic heterocycles. The van der Waals surface area contributed by atoms with E-state index in [0.29, 0.717) is 12.8 Å². The van der Waals surface area contributed by atoms with Crippen molar-refractivity contribution in [2.24, 2.45) is 0 Å². The first-order valence-corrected chi connectivity index (χ1v) is 24.3. The first kappa shape index (κ1) is 56.4. The second-order valence-corrected chi connectivity index (χ2v) is 17.3. The van der Waals surface area contributed by atoms with Crippen LogP contribution in [-0.4, -0.2) is 142 Å². The lowest BCUT2D eigenvalue weighted by Crippen LogP contribution is -2.61. The molecule has 2 fully saturated rings. The Kier molecular flexibility index (Phi) is 32.3. The summed E-state index contributed by atoms with van der Waals surface area (Å²) in [4.78, 5) is 25.6. The van der Waals surface area contributed by atoms with Crippen molar-refractivity contribution in [1.82, 2.24) is 0 Å². The molecule has 15 heteroatoms. The molecule has 0 bridgehead atoms. The third kappa shape index (κ3) is 24.0. The van der Waals surface area contributed by atoms with E-state index in [1.807, 2.05) is 0 Å². The number of carbonyl (C=O) groups is 2. The molecule has 2 heterocycles. The van der Waals surface area contributed by atoms with E-state index in [0.717, 1.165) is 44.9 Å². The number of allylic oxidation sites excluding steroid dienone is 2. The molecule has 11 atom stereocenters. The smallest absolute Gasteiger partial charge is 0.306 e. The first-order chi connectivity index (χ1) is 30.0. The van der Waals surface area contributed by atoms with Crippen LogP contribution in [0.4, 0.5) is 0 Å². The maximum Gasteiger partial charge on any atom is 0.306 e. The molecular weight excluding hydrogens is 805 g/mol. The summed E-state index contributed by atoms with van der Waals surface area (Å²) in [7, 11) is 0. The van der Waals surface area contributed by atoms with Crippen molar-refractivity contribution in [2.75, 3.05) is 26.4 Å². The topological polar surface area (TPSA) is 231 Å². The van der Waals surface area contributed by atoms with Crippen molar-refractivity contribution >= 4 is 11.9 Å². The summed E-state index contributed by atoms with van der Waals surface area (Å²) in [5.74, 6) is -0.927. The van der Waals surface area contributed by atoms with Crippen molar-refractivity contribution in [3.63, 3.8) is 0 Å². The standard InChI is InChI=1S/C47H86O15/c1-3-5-7-9-11-13-14-15-16-17-18-19-20-22-23-25-27-29-38(49)57-32-35(60-39(50)30-28-26-24-21-12-10-8-6-4-2)33-58-46-45(56)43(54)41(52)37(62-46)34-59-47-44(55)42(53)40(51)36(31-48)61-47/h15-16,35-37,40-48,51-56H,3-14,17-34H2,1-2H3/b16-15+/t35-,36+,37+,40-,41-,42?,43?,44?,45?,46+,47+/m0/s1. The summed E-state index contributed by atoms with van der Waals surface area (Å²) in [6, 6.07) is 0. The zero-order valence-electron chi connectivity index (χ0n) is 38.1. The molecule has 15 nitrogen and oxygen atoms in total. The molecule has 0 amide bonds. The van der Waals surface area contributed by atoms with Gasteiger partial charge in [0.1, 0.15) is 55.4 Å². The van der Waals surface area contributed by atoms with E-state index in [4.69, 9.17) is 28.4 Å². The summed E-state index contributed by atoms with van der Waals surface area (Å²) in [6.45, 7) is 2.55. The Labute approximate surface area is 371 Å². The van der Waals surface area contributed by atoms with Crippen molar-refractivity contribution in [1.29, 1.82) is 0 Å². The van der Waals surface area contributed by atoms with Crippen LogP contribution in [0.15, 0.2) is 12.2 Å². The second kappa shape index (κ2) is 35.5. The van der Waals surface area contributed by atoms with Gasteiger partial charge >= 0.3 is 11.9 Å². The van der Waals surface area contributed by atoms with Gasteiger partial charge in [0.15, 0.2) is 18.7 Å². The van der Waals surface area contributed by atoms with Crippen molar-refractivity contribution in [2.45, 2.75) is 248 Å². The lowest BCUT2D eigenvalue weighted by Gasteiger charge is -2.42. The number of hydrogen-bond acceptors (Lipinski definition) is 15. The molecule has 0 aliphatic carbocycles. The van der Waals surface area contributed by atoms with Gasteiger partial charge in [-0.3, -0.25) is 9.59 Å². The molecule has 2 aliphatic rings. The van der Waals surface area contributed by atoms with Gasteiger partial charge in [-0.25, -0.2) is 0 Å². The van der Waals surface area contributed by atoms with Crippen LogP contribution < -0.4 is 0 Å². The zero-order valence-corrected chi connectivity index (χ0v) is 38.1. The number of rotatable bonds is 37. The number of aliphatic hydroxyl groups excluding tert-OH is 7. The van der Waals surface area contributed by atoms with E-state index in [1.54, 1.807) is 0 Å². The largest absolute Gasteiger partial charge is 0.462 e.